The van der Waals surface area contributed by atoms with Gasteiger partial charge in [-0.05, 0) is 31.9 Å². The summed E-state index contributed by atoms with van der Waals surface area (Å²) in [6.07, 6.45) is 0.580. The second-order valence-corrected chi connectivity index (χ2v) is 7.33. The van der Waals surface area contributed by atoms with Gasteiger partial charge in [0.1, 0.15) is 11.5 Å². The highest BCUT2D eigenvalue weighted by atomic mass is 16.5. The number of anilines is 1. The molecule has 0 aliphatic carbocycles. The number of rotatable bonds is 9. The molecule has 1 aromatic rings. The number of nitrogens with one attached hydrogen (secondary N) is 1. The average Bonchev–Trinajstić information content (AvgIpc) is 2.64. The Bertz CT molecular complexity index is 655. The number of carbonyl (C=O) groups excluding carboxylic acids is 2. The number of piperazine rings is 1. The van der Waals surface area contributed by atoms with Gasteiger partial charge >= 0.3 is 0 Å². The van der Waals surface area contributed by atoms with Gasteiger partial charge in [0.15, 0.2) is 0 Å². The minimum atomic E-state index is -0.100. The van der Waals surface area contributed by atoms with Crippen molar-refractivity contribution in [2.45, 2.75) is 34.1 Å². The standard InChI is InChI=1S/C21H33N3O4/c1-5-27-17-7-8-19(28-6-2)18(14-17)22-20(25)15-23-9-11-24(12-10-23)21(26)13-16(3)4/h7-8,14,16H,5-6,9-13,15H2,1-4H3,(H,22,25). The predicted molar refractivity (Wildman–Crippen MR) is 110 cm³/mol. The van der Waals surface area contributed by atoms with Crippen LogP contribution in [0.25, 0.3) is 0 Å². The molecule has 7 heteroatoms. The summed E-state index contributed by atoms with van der Waals surface area (Å²) in [6, 6.07) is 5.43. The SMILES string of the molecule is CCOc1ccc(OCC)c(NC(=O)CN2CCN(C(=O)CC(C)C)CC2)c1. The maximum absolute atomic E-state index is 12.5. The Morgan fingerprint density at radius 2 is 1.75 bits per heavy atom. The van der Waals surface area contributed by atoms with Crippen molar-refractivity contribution in [3.8, 4) is 11.5 Å². The Hall–Kier alpha value is -2.28. The van der Waals surface area contributed by atoms with Gasteiger partial charge in [0.2, 0.25) is 11.8 Å². The van der Waals surface area contributed by atoms with E-state index in [-0.39, 0.29) is 18.4 Å². The molecule has 2 amide bonds. The van der Waals surface area contributed by atoms with Gasteiger partial charge in [0, 0.05) is 38.7 Å². The summed E-state index contributed by atoms with van der Waals surface area (Å²) in [5, 5.41) is 2.94. The Balaban J connectivity index is 1.89. The van der Waals surface area contributed by atoms with Gasteiger partial charge in [-0.15, -0.1) is 0 Å². The number of amides is 2. The molecule has 0 saturated carbocycles. The van der Waals surface area contributed by atoms with Crippen molar-refractivity contribution in [3.05, 3.63) is 18.2 Å². The van der Waals surface area contributed by atoms with Gasteiger partial charge in [-0.1, -0.05) is 13.8 Å². The molecular formula is C21H33N3O4. The summed E-state index contributed by atoms with van der Waals surface area (Å²) in [4.78, 5) is 28.7. The molecule has 1 aliphatic rings. The van der Waals surface area contributed by atoms with Crippen LogP contribution in [0.5, 0.6) is 11.5 Å². The number of carbonyl (C=O) groups is 2. The lowest BCUT2D eigenvalue weighted by molar-refractivity contribution is -0.133. The van der Waals surface area contributed by atoms with Gasteiger partial charge in [-0.25, -0.2) is 0 Å². The molecular weight excluding hydrogens is 358 g/mol. The summed E-state index contributed by atoms with van der Waals surface area (Å²) in [7, 11) is 0. The van der Waals surface area contributed by atoms with E-state index in [1.165, 1.54) is 0 Å². The first-order chi connectivity index (χ1) is 13.4. The third kappa shape index (κ3) is 6.71. The fraction of sp³-hybridized carbons (Fsp3) is 0.619. The summed E-state index contributed by atoms with van der Waals surface area (Å²) < 4.78 is 11.1. The number of nitrogens with zero attached hydrogens (tertiary/aromatic N) is 2. The lowest BCUT2D eigenvalue weighted by Crippen LogP contribution is -2.50. The lowest BCUT2D eigenvalue weighted by Gasteiger charge is -2.34. The van der Waals surface area contributed by atoms with Crippen LogP contribution in [0.3, 0.4) is 0 Å². The summed E-state index contributed by atoms with van der Waals surface area (Å²) >= 11 is 0. The quantitative estimate of drug-likeness (QED) is 0.701. The zero-order valence-corrected chi connectivity index (χ0v) is 17.5. The van der Waals surface area contributed by atoms with E-state index < -0.39 is 0 Å². The zero-order chi connectivity index (χ0) is 20.5. The topological polar surface area (TPSA) is 71.1 Å². The molecule has 1 saturated heterocycles. The van der Waals surface area contributed by atoms with Crippen LogP contribution in [-0.2, 0) is 9.59 Å². The van der Waals surface area contributed by atoms with Gasteiger partial charge in [0.25, 0.3) is 0 Å². The highest BCUT2D eigenvalue weighted by Gasteiger charge is 2.23. The van der Waals surface area contributed by atoms with E-state index >= 15 is 0 Å². The largest absolute Gasteiger partial charge is 0.494 e. The van der Waals surface area contributed by atoms with Gasteiger partial charge in [-0.2, -0.15) is 0 Å². The molecule has 7 nitrogen and oxygen atoms in total. The molecule has 0 spiro atoms. The van der Waals surface area contributed by atoms with E-state index in [1.807, 2.05) is 30.9 Å². The molecule has 0 atom stereocenters. The summed E-state index contributed by atoms with van der Waals surface area (Å²) in [5.74, 6) is 1.79. The van der Waals surface area contributed by atoms with Crippen LogP contribution in [0.15, 0.2) is 18.2 Å². The normalized spacial score (nSPS) is 14.8. The number of hydrogen-bond acceptors (Lipinski definition) is 5. The maximum Gasteiger partial charge on any atom is 0.238 e. The highest BCUT2D eigenvalue weighted by Crippen LogP contribution is 2.29. The minimum absolute atomic E-state index is 0.100. The first-order valence-corrected chi connectivity index (χ1v) is 10.1. The minimum Gasteiger partial charge on any atom is -0.494 e. The Morgan fingerprint density at radius 1 is 1.07 bits per heavy atom. The lowest BCUT2D eigenvalue weighted by atomic mass is 10.1. The van der Waals surface area contributed by atoms with Crippen molar-refractivity contribution >= 4 is 17.5 Å². The molecule has 156 valence electrons. The smallest absolute Gasteiger partial charge is 0.238 e. The van der Waals surface area contributed by atoms with E-state index in [2.05, 4.69) is 24.1 Å². The van der Waals surface area contributed by atoms with Gasteiger partial charge in [-0.3, -0.25) is 14.5 Å². The molecule has 1 aromatic carbocycles. The van der Waals surface area contributed by atoms with E-state index in [4.69, 9.17) is 9.47 Å². The zero-order valence-electron chi connectivity index (χ0n) is 17.5. The van der Waals surface area contributed by atoms with E-state index in [0.29, 0.717) is 68.9 Å². The van der Waals surface area contributed by atoms with E-state index in [9.17, 15) is 9.59 Å². The fourth-order valence-electron chi connectivity index (χ4n) is 3.17. The third-order valence-electron chi connectivity index (χ3n) is 4.51. The number of benzene rings is 1. The molecule has 1 heterocycles. The molecule has 1 fully saturated rings. The van der Waals surface area contributed by atoms with Gasteiger partial charge < -0.3 is 19.7 Å². The van der Waals surface area contributed by atoms with Crippen LogP contribution < -0.4 is 14.8 Å². The van der Waals surface area contributed by atoms with Crippen molar-refractivity contribution in [1.29, 1.82) is 0 Å². The Kier molecular flexibility index (Phi) is 8.57. The van der Waals surface area contributed by atoms with Crippen molar-refractivity contribution in [3.63, 3.8) is 0 Å². The maximum atomic E-state index is 12.5. The first-order valence-electron chi connectivity index (χ1n) is 10.1. The van der Waals surface area contributed by atoms with Crippen LogP contribution in [0.1, 0.15) is 34.1 Å². The fourth-order valence-corrected chi connectivity index (χ4v) is 3.17. The molecule has 28 heavy (non-hydrogen) atoms. The Morgan fingerprint density at radius 3 is 2.36 bits per heavy atom. The molecule has 0 bridgehead atoms. The van der Waals surface area contributed by atoms with Crippen LogP contribution in [0.4, 0.5) is 5.69 Å². The molecule has 1 aliphatic heterocycles. The molecule has 0 aromatic heterocycles. The second kappa shape index (κ2) is 10.9. The van der Waals surface area contributed by atoms with Gasteiger partial charge in [0.05, 0.1) is 25.4 Å². The van der Waals surface area contributed by atoms with Crippen LogP contribution in [0, 0.1) is 5.92 Å². The Labute approximate surface area is 168 Å². The number of ether oxygens (including phenoxy) is 2. The van der Waals surface area contributed by atoms with Crippen LogP contribution >= 0.6 is 0 Å². The third-order valence-corrected chi connectivity index (χ3v) is 4.51. The van der Waals surface area contributed by atoms with E-state index in [1.54, 1.807) is 6.07 Å². The summed E-state index contributed by atoms with van der Waals surface area (Å²) in [5.41, 5.74) is 0.614. The predicted octanol–water partition coefficient (Wildman–Crippen LogP) is 2.61. The average molecular weight is 392 g/mol. The highest BCUT2D eigenvalue weighted by molar-refractivity contribution is 5.94. The van der Waals surface area contributed by atoms with Crippen LogP contribution in [0.2, 0.25) is 0 Å². The second-order valence-electron chi connectivity index (χ2n) is 7.33. The molecule has 0 unspecified atom stereocenters. The molecule has 1 N–H and O–H groups in total. The van der Waals surface area contributed by atoms with Crippen molar-refractivity contribution in [2.75, 3.05) is 51.3 Å². The van der Waals surface area contributed by atoms with Crippen molar-refractivity contribution in [2.24, 2.45) is 5.92 Å². The van der Waals surface area contributed by atoms with Crippen molar-refractivity contribution in [1.82, 2.24) is 9.80 Å². The van der Waals surface area contributed by atoms with E-state index in [0.717, 1.165) is 0 Å². The number of hydrogen-bond donors (Lipinski definition) is 1. The first kappa shape index (κ1) is 22.0. The monoisotopic (exact) mass is 391 g/mol. The van der Waals surface area contributed by atoms with Crippen molar-refractivity contribution < 1.29 is 19.1 Å². The van der Waals surface area contributed by atoms with Crippen LogP contribution in [-0.4, -0.2) is 67.6 Å². The summed E-state index contributed by atoms with van der Waals surface area (Å²) in [6.45, 7) is 12.0. The molecule has 0 radical (unpaired) electrons. The molecule has 2 rings (SSSR count).